The van der Waals surface area contributed by atoms with Crippen LogP contribution in [-0.4, -0.2) is 64.0 Å². The summed E-state index contributed by atoms with van der Waals surface area (Å²) in [7, 11) is 0. The number of hydrogen-bond acceptors (Lipinski definition) is 5. The van der Waals surface area contributed by atoms with E-state index in [1.54, 1.807) is 47.6 Å². The van der Waals surface area contributed by atoms with Crippen LogP contribution in [0.4, 0.5) is 4.39 Å². The monoisotopic (exact) mass is 536 g/mol. The molecule has 0 aliphatic carbocycles. The van der Waals surface area contributed by atoms with Crippen molar-refractivity contribution in [3.05, 3.63) is 101 Å². The zero-order chi connectivity index (χ0) is 26.7. The second kappa shape index (κ2) is 10.9. The SMILES string of the molecule is O=C(NCc1cccnc1)C1COC2(CCN(C(=O)c3cccc(Cl)c3)CC2)N1C(=O)c1ccc(F)cc1. The summed E-state index contributed by atoms with van der Waals surface area (Å²) in [5, 5.41) is 3.34. The van der Waals surface area contributed by atoms with Crippen LogP contribution in [0.25, 0.3) is 0 Å². The molecule has 2 saturated heterocycles. The normalized spacial score (nSPS) is 18.4. The lowest BCUT2D eigenvalue weighted by Crippen LogP contribution is -2.59. The molecule has 2 aliphatic heterocycles. The minimum atomic E-state index is -1.08. The summed E-state index contributed by atoms with van der Waals surface area (Å²) in [5.41, 5.74) is 0.470. The number of halogens is 2. The zero-order valence-corrected chi connectivity index (χ0v) is 21.2. The fourth-order valence-corrected chi connectivity index (χ4v) is 5.16. The molecule has 0 bridgehead atoms. The lowest BCUT2D eigenvalue weighted by Gasteiger charge is -2.44. The third-order valence-electron chi connectivity index (χ3n) is 6.97. The molecule has 5 rings (SSSR count). The highest BCUT2D eigenvalue weighted by Crippen LogP contribution is 2.39. The maximum Gasteiger partial charge on any atom is 0.256 e. The first-order valence-electron chi connectivity index (χ1n) is 12.3. The van der Waals surface area contributed by atoms with Gasteiger partial charge in [0.2, 0.25) is 5.91 Å². The second-order valence-corrected chi connectivity index (χ2v) is 9.77. The summed E-state index contributed by atoms with van der Waals surface area (Å²) in [6.45, 7) is 0.899. The number of ether oxygens (including phenoxy) is 1. The van der Waals surface area contributed by atoms with Gasteiger partial charge in [-0.05, 0) is 54.1 Å². The molecular weight excluding hydrogens is 511 g/mol. The fourth-order valence-electron chi connectivity index (χ4n) is 4.97. The first-order valence-corrected chi connectivity index (χ1v) is 12.7. The number of carbonyl (C=O) groups excluding carboxylic acids is 3. The molecule has 8 nitrogen and oxygen atoms in total. The molecule has 196 valence electrons. The van der Waals surface area contributed by atoms with Crippen LogP contribution in [0.2, 0.25) is 5.02 Å². The molecule has 0 radical (unpaired) electrons. The van der Waals surface area contributed by atoms with Crippen molar-refractivity contribution in [3.8, 4) is 0 Å². The van der Waals surface area contributed by atoms with Crippen molar-refractivity contribution < 1.29 is 23.5 Å². The molecule has 1 unspecified atom stereocenters. The molecule has 0 saturated carbocycles. The Bertz CT molecular complexity index is 1330. The number of likely N-dealkylation sites (tertiary alicyclic amines) is 1. The van der Waals surface area contributed by atoms with Gasteiger partial charge in [-0.3, -0.25) is 24.3 Å². The Morgan fingerprint density at radius 3 is 2.47 bits per heavy atom. The van der Waals surface area contributed by atoms with Gasteiger partial charge in [-0.15, -0.1) is 0 Å². The molecule has 3 aromatic rings. The van der Waals surface area contributed by atoms with Crippen LogP contribution in [0, 0.1) is 5.82 Å². The second-order valence-electron chi connectivity index (χ2n) is 9.34. The van der Waals surface area contributed by atoms with Crippen LogP contribution < -0.4 is 5.32 Å². The first kappa shape index (κ1) is 25.8. The molecule has 2 fully saturated rings. The summed E-state index contributed by atoms with van der Waals surface area (Å²) < 4.78 is 19.8. The van der Waals surface area contributed by atoms with Crippen LogP contribution in [-0.2, 0) is 16.1 Å². The number of piperidine rings is 1. The number of benzene rings is 2. The number of amides is 3. The number of aromatic nitrogens is 1. The predicted molar refractivity (Wildman–Crippen MR) is 138 cm³/mol. The Kier molecular flexibility index (Phi) is 7.40. The standard InChI is InChI=1S/C28H26ClFN4O4/c29-22-5-1-4-21(15-22)26(36)33-13-10-28(11-14-33)34(27(37)20-6-8-23(30)9-7-20)24(18-38-28)25(35)32-17-19-3-2-12-31-16-19/h1-9,12,15-16,24H,10-11,13-14,17-18H2,(H,32,35). The summed E-state index contributed by atoms with van der Waals surface area (Å²) in [6, 6.07) is 14.7. The molecule has 3 amide bonds. The van der Waals surface area contributed by atoms with E-state index in [9.17, 15) is 18.8 Å². The van der Waals surface area contributed by atoms with Crippen LogP contribution in [0.3, 0.4) is 0 Å². The predicted octanol–water partition coefficient (Wildman–Crippen LogP) is 3.66. The van der Waals surface area contributed by atoms with Gasteiger partial charge < -0.3 is 15.0 Å². The number of rotatable bonds is 5. The van der Waals surface area contributed by atoms with E-state index in [1.807, 2.05) is 6.07 Å². The highest BCUT2D eigenvalue weighted by Gasteiger charge is 2.54. The number of carbonyl (C=O) groups is 3. The summed E-state index contributed by atoms with van der Waals surface area (Å²) in [6.07, 6.45) is 3.94. The van der Waals surface area contributed by atoms with Crippen molar-refractivity contribution >= 4 is 29.3 Å². The van der Waals surface area contributed by atoms with Crippen molar-refractivity contribution in [2.45, 2.75) is 31.2 Å². The quantitative estimate of drug-likeness (QED) is 0.537. The van der Waals surface area contributed by atoms with Gasteiger partial charge in [0.25, 0.3) is 11.8 Å². The first-order chi connectivity index (χ1) is 18.4. The van der Waals surface area contributed by atoms with Crippen LogP contribution in [0.5, 0.6) is 0 Å². The Hall–Kier alpha value is -3.82. The maximum absolute atomic E-state index is 13.7. The lowest BCUT2D eigenvalue weighted by molar-refractivity contribution is -0.128. The van der Waals surface area contributed by atoms with Gasteiger partial charge in [0.05, 0.1) is 6.61 Å². The minimum absolute atomic E-state index is 0.00798. The molecular formula is C28H26ClFN4O4. The van der Waals surface area contributed by atoms with Crippen LogP contribution in [0.1, 0.15) is 39.1 Å². The van der Waals surface area contributed by atoms with Crippen molar-refractivity contribution in [2.24, 2.45) is 0 Å². The maximum atomic E-state index is 13.7. The van der Waals surface area contributed by atoms with Gasteiger partial charge >= 0.3 is 0 Å². The Balaban J connectivity index is 1.36. The van der Waals surface area contributed by atoms with Gasteiger partial charge in [-0.25, -0.2) is 4.39 Å². The van der Waals surface area contributed by atoms with E-state index in [0.29, 0.717) is 36.5 Å². The number of hydrogen-bond donors (Lipinski definition) is 1. The molecule has 1 spiro atoms. The molecule has 38 heavy (non-hydrogen) atoms. The van der Waals surface area contributed by atoms with Gasteiger partial charge in [0, 0.05) is 61.0 Å². The molecule has 10 heteroatoms. The van der Waals surface area contributed by atoms with Crippen molar-refractivity contribution in [3.63, 3.8) is 0 Å². The third-order valence-corrected chi connectivity index (χ3v) is 7.20. The topological polar surface area (TPSA) is 91.8 Å². The average Bonchev–Trinajstić information content (AvgIpc) is 3.30. The zero-order valence-electron chi connectivity index (χ0n) is 20.5. The van der Waals surface area contributed by atoms with Gasteiger partial charge in [0.1, 0.15) is 17.6 Å². The third kappa shape index (κ3) is 5.25. The highest BCUT2D eigenvalue weighted by atomic mass is 35.5. The molecule has 1 atom stereocenters. The van der Waals surface area contributed by atoms with E-state index < -0.39 is 23.5 Å². The molecule has 2 aromatic carbocycles. The van der Waals surface area contributed by atoms with E-state index in [0.717, 1.165) is 5.56 Å². The van der Waals surface area contributed by atoms with Gasteiger partial charge in [-0.2, -0.15) is 0 Å². The number of pyridine rings is 1. The lowest BCUT2D eigenvalue weighted by atomic mass is 9.96. The van der Waals surface area contributed by atoms with Crippen molar-refractivity contribution in [1.82, 2.24) is 20.1 Å². The van der Waals surface area contributed by atoms with Crippen LogP contribution >= 0.6 is 11.6 Å². The highest BCUT2D eigenvalue weighted by molar-refractivity contribution is 6.30. The fraction of sp³-hybridized carbons (Fsp3) is 0.286. The van der Waals surface area contributed by atoms with E-state index in [2.05, 4.69) is 10.3 Å². The molecule has 3 heterocycles. The minimum Gasteiger partial charge on any atom is -0.353 e. The van der Waals surface area contributed by atoms with E-state index in [1.165, 1.54) is 29.2 Å². The Labute approximate surface area is 224 Å². The number of nitrogens with one attached hydrogen (secondary N) is 1. The van der Waals surface area contributed by atoms with Crippen molar-refractivity contribution in [1.29, 1.82) is 0 Å². The van der Waals surface area contributed by atoms with Crippen LogP contribution in [0.15, 0.2) is 73.1 Å². The van der Waals surface area contributed by atoms with E-state index in [-0.39, 0.29) is 30.5 Å². The summed E-state index contributed by atoms with van der Waals surface area (Å²) >= 11 is 6.06. The van der Waals surface area contributed by atoms with E-state index in [4.69, 9.17) is 16.3 Å². The van der Waals surface area contributed by atoms with E-state index >= 15 is 0 Å². The summed E-state index contributed by atoms with van der Waals surface area (Å²) in [4.78, 5) is 47.3. The Morgan fingerprint density at radius 1 is 1.03 bits per heavy atom. The molecule has 1 N–H and O–H groups in total. The van der Waals surface area contributed by atoms with Crippen molar-refractivity contribution in [2.75, 3.05) is 19.7 Å². The van der Waals surface area contributed by atoms with Gasteiger partial charge in [0.15, 0.2) is 0 Å². The Morgan fingerprint density at radius 2 is 1.79 bits per heavy atom. The molecule has 2 aliphatic rings. The van der Waals surface area contributed by atoms with Gasteiger partial charge in [-0.1, -0.05) is 23.7 Å². The molecule has 1 aromatic heterocycles. The summed E-state index contributed by atoms with van der Waals surface area (Å²) in [5.74, 6) is -1.42. The smallest absolute Gasteiger partial charge is 0.256 e. The number of nitrogens with zero attached hydrogens (tertiary/aromatic N) is 3. The average molecular weight is 537 g/mol. The largest absolute Gasteiger partial charge is 0.353 e.